The number of carbonyl (C=O) groups excluding carboxylic acids is 1. The Morgan fingerprint density at radius 2 is 2.00 bits per heavy atom. The van der Waals surface area contributed by atoms with Crippen molar-refractivity contribution in [2.24, 2.45) is 11.8 Å². The Hall–Kier alpha value is -2.70. The third-order valence-electron chi connectivity index (χ3n) is 5.64. The number of aliphatic hydroxyl groups is 1. The average Bonchev–Trinajstić information content (AvgIpc) is 3.28. The summed E-state index contributed by atoms with van der Waals surface area (Å²) in [5.74, 6) is 0.474. The van der Waals surface area contributed by atoms with E-state index < -0.39 is 17.5 Å². The molecule has 2 atom stereocenters. The van der Waals surface area contributed by atoms with Crippen LogP contribution in [0, 0.1) is 11.8 Å². The minimum atomic E-state index is -1.46. The molecule has 2 aromatic rings. The van der Waals surface area contributed by atoms with Crippen molar-refractivity contribution in [1.82, 2.24) is 0 Å². The van der Waals surface area contributed by atoms with Crippen molar-refractivity contribution < 1.29 is 28.8 Å². The lowest BCUT2D eigenvalue weighted by atomic mass is 9.75. The van der Waals surface area contributed by atoms with E-state index in [0.29, 0.717) is 16.5 Å². The highest BCUT2D eigenvalue weighted by molar-refractivity contribution is 6.32. The number of benzene rings is 2. The quantitative estimate of drug-likeness (QED) is 0.716. The summed E-state index contributed by atoms with van der Waals surface area (Å²) in [5, 5.41) is 12.0. The summed E-state index contributed by atoms with van der Waals surface area (Å²) in [6, 6.07) is 10.8. The van der Waals surface area contributed by atoms with Gasteiger partial charge in [0.1, 0.15) is 17.1 Å². The third-order valence-corrected chi connectivity index (χ3v) is 5.92. The van der Waals surface area contributed by atoms with Gasteiger partial charge in [0.25, 0.3) is 0 Å². The van der Waals surface area contributed by atoms with Gasteiger partial charge in [-0.3, -0.25) is 4.79 Å². The number of esters is 1. The van der Waals surface area contributed by atoms with Gasteiger partial charge in [0.05, 0.1) is 18.1 Å². The standard InChI is InChI=1S/C23H23ClO6/c1-13(2)23(26)17(8-15-9-18(24)21-19(10-15)28-12-29-21)22(25)30-20(23)11-14-4-6-16(27-3)7-5-14/h4-7,9-11,13,17,26H,8,12H2,1-3H3/b20-11-/t17-,23+/m0/s1. The number of fused-ring (bicyclic) bond motifs is 1. The molecule has 0 aliphatic carbocycles. The van der Waals surface area contributed by atoms with Crippen LogP contribution >= 0.6 is 11.6 Å². The molecule has 158 valence electrons. The van der Waals surface area contributed by atoms with Gasteiger partial charge in [-0.05, 0) is 53.8 Å². The van der Waals surface area contributed by atoms with E-state index in [2.05, 4.69) is 0 Å². The fourth-order valence-corrected chi connectivity index (χ4v) is 4.20. The van der Waals surface area contributed by atoms with Crippen molar-refractivity contribution in [3.05, 3.63) is 58.3 Å². The summed E-state index contributed by atoms with van der Waals surface area (Å²) >= 11 is 6.29. The van der Waals surface area contributed by atoms with Gasteiger partial charge in [0.15, 0.2) is 11.5 Å². The van der Waals surface area contributed by atoms with Gasteiger partial charge in [-0.1, -0.05) is 37.6 Å². The van der Waals surface area contributed by atoms with Gasteiger partial charge < -0.3 is 24.1 Å². The van der Waals surface area contributed by atoms with E-state index in [1.54, 1.807) is 25.3 Å². The molecule has 1 N–H and O–H groups in total. The van der Waals surface area contributed by atoms with Crippen molar-refractivity contribution in [3.8, 4) is 17.2 Å². The van der Waals surface area contributed by atoms with Crippen LogP contribution in [0.15, 0.2) is 42.2 Å². The largest absolute Gasteiger partial charge is 0.497 e. The zero-order valence-electron chi connectivity index (χ0n) is 17.0. The lowest BCUT2D eigenvalue weighted by Gasteiger charge is -2.31. The van der Waals surface area contributed by atoms with Crippen LogP contribution < -0.4 is 14.2 Å². The van der Waals surface area contributed by atoms with Crippen LogP contribution in [0.3, 0.4) is 0 Å². The van der Waals surface area contributed by atoms with Gasteiger partial charge in [-0.15, -0.1) is 0 Å². The summed E-state index contributed by atoms with van der Waals surface area (Å²) in [4.78, 5) is 12.8. The Morgan fingerprint density at radius 1 is 1.27 bits per heavy atom. The molecule has 2 aliphatic heterocycles. The van der Waals surface area contributed by atoms with E-state index in [-0.39, 0.29) is 24.9 Å². The van der Waals surface area contributed by atoms with Crippen molar-refractivity contribution in [3.63, 3.8) is 0 Å². The molecule has 2 heterocycles. The molecular formula is C23H23ClO6. The predicted octanol–water partition coefficient (Wildman–Crippen LogP) is 4.22. The maximum Gasteiger partial charge on any atom is 0.317 e. The Kier molecular flexibility index (Phi) is 5.38. The summed E-state index contributed by atoms with van der Waals surface area (Å²) in [6.07, 6.45) is 1.95. The van der Waals surface area contributed by atoms with Crippen LogP contribution in [0.5, 0.6) is 17.2 Å². The highest BCUT2D eigenvalue weighted by atomic mass is 35.5. The Morgan fingerprint density at radius 3 is 2.67 bits per heavy atom. The maximum absolute atomic E-state index is 12.8. The molecule has 2 aromatic carbocycles. The van der Waals surface area contributed by atoms with E-state index in [1.165, 1.54) is 0 Å². The number of hydrogen-bond donors (Lipinski definition) is 1. The molecule has 7 heteroatoms. The molecule has 6 nitrogen and oxygen atoms in total. The molecule has 0 amide bonds. The Bertz CT molecular complexity index is 997. The molecule has 1 saturated heterocycles. The number of hydrogen-bond acceptors (Lipinski definition) is 6. The lowest BCUT2D eigenvalue weighted by molar-refractivity contribution is -0.140. The number of methoxy groups -OCH3 is 1. The van der Waals surface area contributed by atoms with Crippen molar-refractivity contribution in [2.45, 2.75) is 25.9 Å². The van der Waals surface area contributed by atoms with Crippen molar-refractivity contribution >= 4 is 23.6 Å². The monoisotopic (exact) mass is 430 g/mol. The number of cyclic esters (lactones) is 1. The van der Waals surface area contributed by atoms with Crippen LogP contribution in [0.2, 0.25) is 5.02 Å². The molecule has 0 bridgehead atoms. The summed E-state index contributed by atoms with van der Waals surface area (Å²) in [5.41, 5.74) is 0.0975. The zero-order valence-corrected chi connectivity index (χ0v) is 17.7. The van der Waals surface area contributed by atoms with E-state index in [4.69, 9.17) is 30.5 Å². The van der Waals surface area contributed by atoms with E-state index in [1.807, 2.05) is 38.1 Å². The van der Waals surface area contributed by atoms with E-state index in [9.17, 15) is 9.90 Å². The lowest BCUT2D eigenvalue weighted by Crippen LogP contribution is -2.43. The van der Waals surface area contributed by atoms with Gasteiger partial charge in [0, 0.05) is 0 Å². The molecule has 4 rings (SSSR count). The zero-order chi connectivity index (χ0) is 21.5. The fourth-order valence-electron chi connectivity index (χ4n) is 3.91. The van der Waals surface area contributed by atoms with Crippen LogP contribution in [-0.2, 0) is 16.0 Å². The molecular weight excluding hydrogens is 408 g/mol. The smallest absolute Gasteiger partial charge is 0.317 e. The van der Waals surface area contributed by atoms with Crippen molar-refractivity contribution in [1.29, 1.82) is 0 Å². The van der Waals surface area contributed by atoms with Crippen LogP contribution in [0.4, 0.5) is 0 Å². The third kappa shape index (κ3) is 3.50. The Balaban J connectivity index is 1.67. The van der Waals surface area contributed by atoms with Gasteiger partial charge in [0.2, 0.25) is 6.79 Å². The predicted molar refractivity (Wildman–Crippen MR) is 112 cm³/mol. The average molecular weight is 431 g/mol. The SMILES string of the molecule is COc1ccc(/C=C2\OC(=O)[C@H](Cc3cc(Cl)c4c(c3)OCO4)[C@]2(O)C(C)C)cc1. The van der Waals surface area contributed by atoms with Crippen LogP contribution in [0.25, 0.3) is 6.08 Å². The van der Waals surface area contributed by atoms with E-state index >= 15 is 0 Å². The second-order valence-electron chi connectivity index (χ2n) is 7.75. The molecule has 2 aliphatic rings. The molecule has 0 saturated carbocycles. The second kappa shape index (κ2) is 7.85. The first kappa shape index (κ1) is 20.6. The molecule has 30 heavy (non-hydrogen) atoms. The molecule has 1 fully saturated rings. The topological polar surface area (TPSA) is 74.2 Å². The highest BCUT2D eigenvalue weighted by Crippen LogP contribution is 2.46. The maximum atomic E-state index is 12.8. The highest BCUT2D eigenvalue weighted by Gasteiger charge is 2.55. The number of carbonyl (C=O) groups is 1. The van der Waals surface area contributed by atoms with Gasteiger partial charge in [-0.25, -0.2) is 0 Å². The summed E-state index contributed by atoms with van der Waals surface area (Å²) < 4.78 is 21.5. The first-order valence-corrected chi connectivity index (χ1v) is 10.1. The normalized spacial score (nSPS) is 23.9. The Labute approximate surface area is 180 Å². The number of halogens is 1. The summed E-state index contributed by atoms with van der Waals surface area (Å²) in [7, 11) is 1.59. The number of rotatable bonds is 5. The van der Waals surface area contributed by atoms with Gasteiger partial charge in [-0.2, -0.15) is 0 Å². The number of ether oxygens (including phenoxy) is 4. The van der Waals surface area contributed by atoms with Crippen LogP contribution in [0.1, 0.15) is 25.0 Å². The van der Waals surface area contributed by atoms with Crippen molar-refractivity contribution in [2.75, 3.05) is 13.9 Å². The molecule has 0 radical (unpaired) electrons. The van der Waals surface area contributed by atoms with Gasteiger partial charge >= 0.3 is 5.97 Å². The first-order chi connectivity index (χ1) is 14.3. The minimum Gasteiger partial charge on any atom is -0.497 e. The first-order valence-electron chi connectivity index (χ1n) is 9.71. The van der Waals surface area contributed by atoms with E-state index in [0.717, 1.165) is 16.9 Å². The summed E-state index contributed by atoms with van der Waals surface area (Å²) in [6.45, 7) is 3.83. The van der Waals surface area contributed by atoms with Crippen LogP contribution in [-0.4, -0.2) is 30.6 Å². The fraction of sp³-hybridized carbons (Fsp3) is 0.348. The second-order valence-corrected chi connectivity index (χ2v) is 8.16. The minimum absolute atomic E-state index is 0.106. The molecule has 0 unspecified atom stereocenters. The molecule has 0 aromatic heterocycles. The molecule has 0 spiro atoms.